The van der Waals surface area contributed by atoms with E-state index in [0.717, 1.165) is 32.4 Å². The van der Waals surface area contributed by atoms with E-state index in [1.54, 1.807) is 0 Å². The van der Waals surface area contributed by atoms with Crippen LogP contribution in [0.4, 0.5) is 4.79 Å². The summed E-state index contributed by atoms with van der Waals surface area (Å²) in [6.07, 6.45) is 5.20. The smallest absolute Gasteiger partial charge is 0.315 e. The molecule has 6 heteroatoms. The summed E-state index contributed by atoms with van der Waals surface area (Å²) in [5.41, 5.74) is 0. The zero-order valence-electron chi connectivity index (χ0n) is 12.8. The quantitative estimate of drug-likeness (QED) is 0.716. The van der Waals surface area contributed by atoms with E-state index in [9.17, 15) is 9.59 Å². The Morgan fingerprint density at radius 3 is 2.52 bits per heavy atom. The van der Waals surface area contributed by atoms with Gasteiger partial charge < -0.3 is 15.7 Å². The zero-order chi connectivity index (χ0) is 15.2. The van der Waals surface area contributed by atoms with E-state index in [-0.39, 0.29) is 18.0 Å². The van der Waals surface area contributed by atoms with E-state index in [2.05, 4.69) is 22.5 Å². The second-order valence-electron chi connectivity index (χ2n) is 6.17. The normalized spacial score (nSPS) is 30.0. The van der Waals surface area contributed by atoms with Crippen molar-refractivity contribution < 1.29 is 14.7 Å². The maximum absolute atomic E-state index is 11.9. The molecule has 0 aromatic carbocycles. The molecule has 1 atom stereocenters. The van der Waals surface area contributed by atoms with Gasteiger partial charge in [0.15, 0.2) is 0 Å². The first-order chi connectivity index (χ1) is 10.1. The Labute approximate surface area is 126 Å². The maximum Gasteiger partial charge on any atom is 0.315 e. The highest BCUT2D eigenvalue weighted by Crippen LogP contribution is 2.24. The Morgan fingerprint density at radius 2 is 1.90 bits per heavy atom. The molecular weight excluding hydrogens is 270 g/mol. The van der Waals surface area contributed by atoms with Gasteiger partial charge in [0, 0.05) is 18.6 Å². The third-order valence-corrected chi connectivity index (χ3v) is 4.82. The number of hydrogen-bond donors (Lipinski definition) is 3. The summed E-state index contributed by atoms with van der Waals surface area (Å²) in [6, 6.07) is 0.465. The average Bonchev–Trinajstić information content (AvgIpc) is 2.93. The summed E-state index contributed by atoms with van der Waals surface area (Å²) in [4.78, 5) is 25.2. The van der Waals surface area contributed by atoms with Crippen LogP contribution in [0.15, 0.2) is 0 Å². The van der Waals surface area contributed by atoms with Crippen LogP contribution in [-0.4, -0.2) is 53.7 Å². The Hall–Kier alpha value is -1.30. The molecule has 1 aliphatic carbocycles. The molecule has 0 bridgehead atoms. The minimum atomic E-state index is -0.709. The van der Waals surface area contributed by atoms with Gasteiger partial charge in [-0.15, -0.1) is 0 Å². The number of aliphatic carboxylic acids is 1. The number of carboxylic acids is 1. The van der Waals surface area contributed by atoms with Crippen LogP contribution in [0.5, 0.6) is 0 Å². The van der Waals surface area contributed by atoms with E-state index < -0.39 is 5.97 Å². The van der Waals surface area contributed by atoms with Gasteiger partial charge in [0.2, 0.25) is 0 Å². The number of likely N-dealkylation sites (tertiary alicyclic amines) is 1. The summed E-state index contributed by atoms with van der Waals surface area (Å²) >= 11 is 0. The van der Waals surface area contributed by atoms with Crippen molar-refractivity contribution in [3.63, 3.8) is 0 Å². The summed E-state index contributed by atoms with van der Waals surface area (Å²) in [6.45, 7) is 5.01. The predicted molar refractivity (Wildman–Crippen MR) is 80.2 cm³/mol. The first-order valence-corrected chi connectivity index (χ1v) is 8.11. The molecular formula is C15H27N3O3. The maximum atomic E-state index is 11.9. The van der Waals surface area contributed by atoms with E-state index in [1.807, 2.05) is 0 Å². The number of amides is 2. The van der Waals surface area contributed by atoms with Crippen LogP contribution in [0, 0.1) is 5.92 Å². The lowest BCUT2D eigenvalue weighted by Crippen LogP contribution is -2.47. The molecule has 2 fully saturated rings. The van der Waals surface area contributed by atoms with Crippen LogP contribution in [-0.2, 0) is 4.79 Å². The number of carbonyl (C=O) groups is 2. The fraction of sp³-hybridized carbons (Fsp3) is 0.867. The van der Waals surface area contributed by atoms with Crippen molar-refractivity contribution in [2.45, 2.75) is 57.5 Å². The second kappa shape index (κ2) is 7.64. The Morgan fingerprint density at radius 1 is 1.19 bits per heavy atom. The van der Waals surface area contributed by atoms with Gasteiger partial charge >= 0.3 is 12.0 Å². The molecule has 1 unspecified atom stereocenters. The van der Waals surface area contributed by atoms with Crippen LogP contribution in [0.25, 0.3) is 0 Å². The van der Waals surface area contributed by atoms with E-state index in [1.165, 1.54) is 6.42 Å². The topological polar surface area (TPSA) is 81.7 Å². The molecule has 0 aromatic rings. The number of hydrogen-bond acceptors (Lipinski definition) is 3. The van der Waals surface area contributed by atoms with Gasteiger partial charge in [-0.05, 0) is 51.6 Å². The van der Waals surface area contributed by atoms with Gasteiger partial charge in [-0.2, -0.15) is 0 Å². The molecule has 6 nitrogen and oxygen atoms in total. The molecule has 0 radical (unpaired) electrons. The number of nitrogens with zero attached hydrogens (tertiary/aromatic N) is 1. The van der Waals surface area contributed by atoms with E-state index in [0.29, 0.717) is 25.4 Å². The first kappa shape index (κ1) is 16.1. The van der Waals surface area contributed by atoms with Crippen LogP contribution < -0.4 is 10.6 Å². The standard InChI is InChI=1S/C15H27N3O3/c1-2-18-9-3-4-13(18)10-16-15(21)17-12-7-5-11(6-8-12)14(19)20/h11-13H,2-10H2,1H3,(H,19,20)(H2,16,17,21). The van der Waals surface area contributed by atoms with Crippen molar-refractivity contribution in [2.24, 2.45) is 5.92 Å². The zero-order valence-corrected chi connectivity index (χ0v) is 12.8. The lowest BCUT2D eigenvalue weighted by Gasteiger charge is -2.27. The molecule has 1 saturated heterocycles. The highest BCUT2D eigenvalue weighted by atomic mass is 16.4. The molecule has 0 aromatic heterocycles. The van der Waals surface area contributed by atoms with E-state index >= 15 is 0 Å². The summed E-state index contributed by atoms with van der Waals surface area (Å²) in [5, 5.41) is 14.9. The Bertz CT molecular complexity index is 367. The van der Waals surface area contributed by atoms with Crippen LogP contribution in [0.2, 0.25) is 0 Å². The molecule has 2 aliphatic rings. The number of nitrogens with one attached hydrogen (secondary N) is 2. The van der Waals surface area contributed by atoms with Crippen molar-refractivity contribution in [1.29, 1.82) is 0 Å². The molecule has 2 rings (SSSR count). The molecule has 1 saturated carbocycles. The van der Waals surface area contributed by atoms with Gasteiger partial charge in [-0.3, -0.25) is 9.69 Å². The molecule has 21 heavy (non-hydrogen) atoms. The molecule has 1 heterocycles. The van der Waals surface area contributed by atoms with Crippen molar-refractivity contribution in [3.05, 3.63) is 0 Å². The van der Waals surface area contributed by atoms with Gasteiger partial charge in [0.05, 0.1) is 5.92 Å². The molecule has 0 spiro atoms. The fourth-order valence-electron chi connectivity index (χ4n) is 3.47. The van der Waals surface area contributed by atoms with Crippen molar-refractivity contribution in [3.8, 4) is 0 Å². The van der Waals surface area contributed by atoms with Crippen LogP contribution in [0.3, 0.4) is 0 Å². The fourth-order valence-corrected chi connectivity index (χ4v) is 3.47. The van der Waals surface area contributed by atoms with Crippen LogP contribution in [0.1, 0.15) is 45.4 Å². The molecule has 120 valence electrons. The second-order valence-corrected chi connectivity index (χ2v) is 6.17. The van der Waals surface area contributed by atoms with Gasteiger partial charge in [0.1, 0.15) is 0 Å². The predicted octanol–water partition coefficient (Wildman–Crippen LogP) is 1.41. The molecule has 3 N–H and O–H groups in total. The first-order valence-electron chi connectivity index (χ1n) is 8.11. The third kappa shape index (κ3) is 4.59. The van der Waals surface area contributed by atoms with Crippen molar-refractivity contribution in [2.75, 3.05) is 19.6 Å². The Balaban J connectivity index is 1.65. The summed E-state index contributed by atoms with van der Waals surface area (Å²) < 4.78 is 0. The molecule has 2 amide bonds. The molecule has 1 aliphatic heterocycles. The van der Waals surface area contributed by atoms with Crippen molar-refractivity contribution in [1.82, 2.24) is 15.5 Å². The largest absolute Gasteiger partial charge is 0.481 e. The minimum Gasteiger partial charge on any atom is -0.481 e. The van der Waals surface area contributed by atoms with E-state index in [4.69, 9.17) is 5.11 Å². The highest BCUT2D eigenvalue weighted by molar-refractivity contribution is 5.74. The highest BCUT2D eigenvalue weighted by Gasteiger charge is 2.27. The van der Waals surface area contributed by atoms with Crippen molar-refractivity contribution >= 4 is 12.0 Å². The van der Waals surface area contributed by atoms with Gasteiger partial charge in [-0.1, -0.05) is 6.92 Å². The monoisotopic (exact) mass is 297 g/mol. The number of likely N-dealkylation sites (N-methyl/N-ethyl adjacent to an activating group) is 1. The lowest BCUT2D eigenvalue weighted by atomic mass is 9.86. The number of urea groups is 1. The number of carbonyl (C=O) groups excluding carboxylic acids is 1. The average molecular weight is 297 g/mol. The Kier molecular flexibility index (Phi) is 5.85. The lowest BCUT2D eigenvalue weighted by molar-refractivity contribution is -0.142. The SMILES string of the molecule is CCN1CCCC1CNC(=O)NC1CCC(C(=O)O)CC1. The van der Waals surface area contributed by atoms with Gasteiger partial charge in [0.25, 0.3) is 0 Å². The minimum absolute atomic E-state index is 0.114. The summed E-state index contributed by atoms with van der Waals surface area (Å²) in [7, 11) is 0. The van der Waals surface area contributed by atoms with Gasteiger partial charge in [-0.25, -0.2) is 4.79 Å². The van der Waals surface area contributed by atoms with Crippen LogP contribution >= 0.6 is 0 Å². The number of carboxylic acid groups (broad SMARTS) is 1. The number of rotatable bonds is 5. The summed E-state index contributed by atoms with van der Waals surface area (Å²) in [5.74, 6) is -0.943. The third-order valence-electron chi connectivity index (χ3n) is 4.82.